The van der Waals surface area contributed by atoms with Crippen LogP contribution in [-0.2, 0) is 14.4 Å². The summed E-state index contributed by atoms with van der Waals surface area (Å²) in [4.78, 5) is 30.7. The van der Waals surface area contributed by atoms with Crippen LogP contribution in [0.4, 0.5) is 0 Å². The predicted molar refractivity (Wildman–Crippen MR) is 48.4 cm³/mol. The van der Waals surface area contributed by atoms with Gasteiger partial charge in [-0.05, 0) is 0 Å². The van der Waals surface area contributed by atoms with Gasteiger partial charge in [0.2, 0.25) is 5.60 Å². The van der Waals surface area contributed by atoms with Crippen molar-refractivity contribution in [3.05, 3.63) is 0 Å². The van der Waals surface area contributed by atoms with E-state index in [1.54, 1.807) is 0 Å². The van der Waals surface area contributed by atoms with Crippen molar-refractivity contribution < 1.29 is 39.9 Å². The SMILES string of the molecule is O=C(O)CC(O)(C(=O)O)C(O)C(=O)O.[BiH3]. The van der Waals surface area contributed by atoms with Gasteiger partial charge in [0.05, 0.1) is 6.42 Å². The molecule has 0 aromatic carbocycles. The van der Waals surface area contributed by atoms with Gasteiger partial charge in [0.15, 0.2) is 6.10 Å². The molecule has 8 nitrogen and oxygen atoms in total. The minimum absolute atomic E-state index is 0. The molecule has 0 bridgehead atoms. The van der Waals surface area contributed by atoms with Crippen molar-refractivity contribution >= 4 is 44.1 Å². The molecule has 0 aromatic heterocycles. The minimum atomic E-state index is -3.22. The van der Waals surface area contributed by atoms with Crippen molar-refractivity contribution in [2.75, 3.05) is 0 Å². The molecule has 0 amide bonds. The summed E-state index contributed by atoms with van der Waals surface area (Å²) in [5.41, 5.74) is -3.22. The number of aliphatic hydroxyl groups is 2. The Morgan fingerprint density at radius 1 is 1.13 bits per heavy atom. The predicted octanol–water partition coefficient (Wildman–Crippen LogP) is -3.46. The molecule has 0 aliphatic rings. The summed E-state index contributed by atoms with van der Waals surface area (Å²) in [6.45, 7) is 0. The molecule has 0 saturated heterocycles. The zero-order valence-electron chi connectivity index (χ0n) is 7.45. The second-order valence-electron chi connectivity index (χ2n) is 2.54. The fourth-order valence-corrected chi connectivity index (χ4v) is 0.724. The average molecular weight is 420 g/mol. The van der Waals surface area contributed by atoms with E-state index in [-0.39, 0.29) is 26.2 Å². The second-order valence-corrected chi connectivity index (χ2v) is 2.54. The van der Waals surface area contributed by atoms with Crippen LogP contribution < -0.4 is 0 Å². The molecular weight excluding hydrogens is 409 g/mol. The molecule has 0 aliphatic heterocycles. The van der Waals surface area contributed by atoms with Crippen molar-refractivity contribution in [3.63, 3.8) is 0 Å². The first kappa shape index (κ1) is 16.6. The Morgan fingerprint density at radius 2 is 1.53 bits per heavy atom. The van der Waals surface area contributed by atoms with E-state index in [0.717, 1.165) is 0 Å². The monoisotopic (exact) mass is 420 g/mol. The van der Waals surface area contributed by atoms with Crippen molar-refractivity contribution in [1.29, 1.82) is 0 Å². The van der Waals surface area contributed by atoms with Crippen molar-refractivity contribution in [2.24, 2.45) is 0 Å². The summed E-state index contributed by atoms with van der Waals surface area (Å²) in [5.74, 6) is -5.87. The van der Waals surface area contributed by atoms with Gasteiger partial charge >= 0.3 is 44.1 Å². The zero-order chi connectivity index (χ0) is 11.5. The van der Waals surface area contributed by atoms with Gasteiger partial charge in [-0.2, -0.15) is 0 Å². The number of rotatable bonds is 5. The summed E-state index contributed by atoms with van der Waals surface area (Å²) >= 11 is 0. The van der Waals surface area contributed by atoms with E-state index in [0.29, 0.717) is 0 Å². The molecule has 0 saturated carbocycles. The Bertz CT molecular complexity index is 276. The summed E-state index contributed by atoms with van der Waals surface area (Å²) < 4.78 is 0. The molecule has 0 heterocycles. The molecular formula is C6H11BiO8. The molecule has 0 rings (SSSR count). The third kappa shape index (κ3) is 4.07. The fourth-order valence-electron chi connectivity index (χ4n) is 0.724. The van der Waals surface area contributed by atoms with Crippen LogP contribution in [0, 0.1) is 0 Å². The van der Waals surface area contributed by atoms with E-state index in [2.05, 4.69) is 0 Å². The molecule has 0 aromatic rings. The first-order chi connectivity index (χ1) is 6.21. The number of carboxylic acid groups (broad SMARTS) is 3. The van der Waals surface area contributed by atoms with Gasteiger partial charge in [0, 0.05) is 0 Å². The van der Waals surface area contributed by atoms with Crippen molar-refractivity contribution in [2.45, 2.75) is 18.1 Å². The number of aliphatic carboxylic acids is 3. The summed E-state index contributed by atoms with van der Waals surface area (Å²) in [6, 6.07) is 0. The maximum absolute atomic E-state index is 10.4. The second kappa shape index (κ2) is 5.94. The number of carbonyl (C=O) groups is 3. The number of hydrogen-bond acceptors (Lipinski definition) is 5. The normalized spacial score (nSPS) is 15.6. The Morgan fingerprint density at radius 3 is 1.73 bits per heavy atom. The quantitative estimate of drug-likeness (QED) is 0.288. The van der Waals surface area contributed by atoms with Crippen LogP contribution in [0.5, 0.6) is 0 Å². The van der Waals surface area contributed by atoms with Crippen LogP contribution in [0.1, 0.15) is 6.42 Å². The Hall–Kier alpha value is -0.787. The number of hydrogen-bond donors (Lipinski definition) is 5. The van der Waals surface area contributed by atoms with E-state index in [4.69, 9.17) is 25.5 Å². The molecule has 0 spiro atoms. The molecule has 2 atom stereocenters. The van der Waals surface area contributed by atoms with E-state index in [9.17, 15) is 14.4 Å². The topological polar surface area (TPSA) is 152 Å². The Labute approximate surface area is 102 Å². The van der Waals surface area contributed by atoms with Crippen LogP contribution in [0.15, 0.2) is 0 Å². The molecule has 88 valence electrons. The van der Waals surface area contributed by atoms with Crippen LogP contribution in [0.3, 0.4) is 0 Å². The Kier molecular flexibility index (Phi) is 6.59. The first-order valence-electron chi connectivity index (χ1n) is 3.30. The molecule has 5 N–H and O–H groups in total. The molecule has 0 aliphatic carbocycles. The van der Waals surface area contributed by atoms with Crippen LogP contribution >= 0.6 is 0 Å². The van der Waals surface area contributed by atoms with Gasteiger partial charge in [0.1, 0.15) is 0 Å². The van der Waals surface area contributed by atoms with Crippen molar-refractivity contribution in [3.8, 4) is 0 Å². The van der Waals surface area contributed by atoms with Crippen LogP contribution in [-0.4, -0.2) is 81.3 Å². The molecule has 0 radical (unpaired) electrons. The summed E-state index contributed by atoms with van der Waals surface area (Å²) in [6.07, 6.45) is -4.11. The van der Waals surface area contributed by atoms with E-state index >= 15 is 0 Å². The molecule has 0 fully saturated rings. The standard InChI is InChI=1S/C6H8O8.Bi.3H/c7-2(8)1-6(14,5(12)13)3(9)4(10)11;;;;/h3,9,14H,1H2,(H,7,8)(H,10,11)(H,12,13);;;;. The third-order valence-corrected chi connectivity index (χ3v) is 1.48. The van der Waals surface area contributed by atoms with Crippen LogP contribution in [0.2, 0.25) is 0 Å². The molecule has 15 heavy (non-hydrogen) atoms. The van der Waals surface area contributed by atoms with E-state index in [1.165, 1.54) is 0 Å². The van der Waals surface area contributed by atoms with Gasteiger partial charge in [-0.3, -0.25) is 4.79 Å². The zero-order valence-corrected chi connectivity index (χ0v) is 13.0. The summed E-state index contributed by atoms with van der Waals surface area (Å²) in [5, 5.41) is 42.6. The summed E-state index contributed by atoms with van der Waals surface area (Å²) in [7, 11) is 0. The van der Waals surface area contributed by atoms with Gasteiger partial charge in [-0.1, -0.05) is 0 Å². The molecule has 9 heteroatoms. The van der Waals surface area contributed by atoms with Crippen molar-refractivity contribution in [1.82, 2.24) is 0 Å². The van der Waals surface area contributed by atoms with Gasteiger partial charge in [-0.15, -0.1) is 0 Å². The van der Waals surface area contributed by atoms with Gasteiger partial charge < -0.3 is 25.5 Å². The maximum atomic E-state index is 10.4. The van der Waals surface area contributed by atoms with E-state index in [1.807, 2.05) is 0 Å². The van der Waals surface area contributed by atoms with Gasteiger partial charge in [0.25, 0.3) is 0 Å². The number of carboxylic acids is 3. The van der Waals surface area contributed by atoms with E-state index < -0.39 is 36.0 Å². The third-order valence-electron chi connectivity index (χ3n) is 1.48. The number of aliphatic hydroxyl groups excluding tert-OH is 1. The first-order valence-corrected chi connectivity index (χ1v) is 3.30. The fraction of sp³-hybridized carbons (Fsp3) is 0.500. The van der Waals surface area contributed by atoms with Gasteiger partial charge in [-0.25, -0.2) is 9.59 Å². The van der Waals surface area contributed by atoms with Crippen LogP contribution in [0.25, 0.3) is 0 Å². The molecule has 2 unspecified atom stereocenters. The average Bonchev–Trinajstić information content (AvgIpc) is 2.00. The Balaban J connectivity index is 0.